The Morgan fingerprint density at radius 3 is 2.86 bits per heavy atom. The summed E-state index contributed by atoms with van der Waals surface area (Å²) in [7, 11) is 0. The number of nitrogens with zero attached hydrogens (tertiary/aromatic N) is 3. The zero-order valence-electron chi connectivity index (χ0n) is 11.2. The van der Waals surface area contributed by atoms with Gasteiger partial charge in [0.1, 0.15) is 12.4 Å². The van der Waals surface area contributed by atoms with Gasteiger partial charge in [0.2, 0.25) is 0 Å². The molecule has 0 amide bonds. The number of fused-ring (bicyclic) bond motifs is 1. The lowest BCUT2D eigenvalue weighted by Gasteiger charge is -2.06. The van der Waals surface area contributed by atoms with Crippen LogP contribution >= 0.6 is 15.9 Å². The summed E-state index contributed by atoms with van der Waals surface area (Å²) < 4.78 is 33.3. The van der Waals surface area contributed by atoms with Gasteiger partial charge in [0.15, 0.2) is 17.4 Å². The maximum absolute atomic E-state index is 13.8. The smallest absolute Gasteiger partial charge is 0.274 e. The van der Waals surface area contributed by atoms with Crippen molar-refractivity contribution in [3.63, 3.8) is 0 Å². The summed E-state index contributed by atoms with van der Waals surface area (Å²) in [5.41, 5.74) is 0.213. The van der Waals surface area contributed by atoms with Crippen molar-refractivity contribution in [1.29, 1.82) is 0 Å². The van der Waals surface area contributed by atoms with E-state index in [-0.39, 0.29) is 34.0 Å². The van der Waals surface area contributed by atoms with Crippen molar-refractivity contribution in [3.8, 4) is 5.75 Å². The first kappa shape index (κ1) is 14.6. The van der Waals surface area contributed by atoms with Gasteiger partial charge in [-0.25, -0.2) is 13.8 Å². The van der Waals surface area contributed by atoms with Gasteiger partial charge in [-0.15, -0.1) is 0 Å². The monoisotopic (exact) mass is 370 g/mol. The van der Waals surface area contributed by atoms with Crippen LogP contribution in [0.25, 0.3) is 5.78 Å². The summed E-state index contributed by atoms with van der Waals surface area (Å²) in [6.45, 7) is 1.50. The van der Waals surface area contributed by atoms with Crippen LogP contribution in [0.3, 0.4) is 0 Å². The Bertz CT molecular complexity index is 922. The highest BCUT2D eigenvalue weighted by Gasteiger charge is 2.12. The fraction of sp³-hybridized carbons (Fsp3) is 0.154. The molecule has 2 aromatic heterocycles. The van der Waals surface area contributed by atoms with E-state index in [1.807, 2.05) is 0 Å². The highest BCUT2D eigenvalue weighted by atomic mass is 79.9. The first-order chi connectivity index (χ1) is 10.4. The van der Waals surface area contributed by atoms with Gasteiger partial charge in [-0.1, -0.05) is 0 Å². The Morgan fingerprint density at radius 2 is 2.09 bits per heavy atom. The quantitative estimate of drug-likeness (QED) is 0.718. The maximum Gasteiger partial charge on any atom is 0.274 e. The molecule has 0 atom stereocenters. The molecule has 22 heavy (non-hydrogen) atoms. The molecule has 0 aliphatic rings. The third kappa shape index (κ3) is 2.71. The van der Waals surface area contributed by atoms with Gasteiger partial charge in [0, 0.05) is 17.8 Å². The van der Waals surface area contributed by atoms with E-state index in [1.165, 1.54) is 6.07 Å². The average molecular weight is 371 g/mol. The molecule has 0 saturated carbocycles. The molecule has 0 aliphatic heterocycles. The van der Waals surface area contributed by atoms with E-state index in [0.29, 0.717) is 5.69 Å². The predicted molar refractivity (Wildman–Crippen MR) is 76.7 cm³/mol. The summed E-state index contributed by atoms with van der Waals surface area (Å²) in [4.78, 5) is 19.9. The van der Waals surface area contributed by atoms with Gasteiger partial charge in [-0.3, -0.25) is 9.89 Å². The fourth-order valence-corrected chi connectivity index (χ4v) is 2.30. The zero-order chi connectivity index (χ0) is 15.9. The molecule has 2 heterocycles. The minimum atomic E-state index is -0.719. The zero-order valence-corrected chi connectivity index (χ0v) is 12.8. The van der Waals surface area contributed by atoms with E-state index in [1.54, 1.807) is 6.92 Å². The van der Waals surface area contributed by atoms with E-state index < -0.39 is 11.6 Å². The number of aromatic amines is 1. The number of nitrogens with one attached hydrogen (secondary N) is 1. The van der Waals surface area contributed by atoms with Crippen molar-refractivity contribution in [2.45, 2.75) is 13.5 Å². The topological polar surface area (TPSA) is 72.3 Å². The number of ether oxygens (including phenoxy) is 1. The van der Waals surface area contributed by atoms with E-state index in [9.17, 15) is 13.6 Å². The maximum atomic E-state index is 13.8. The van der Waals surface area contributed by atoms with Crippen LogP contribution in [0.2, 0.25) is 0 Å². The summed E-state index contributed by atoms with van der Waals surface area (Å²) >= 11 is 2.89. The lowest BCUT2D eigenvalue weighted by atomic mass is 10.3. The van der Waals surface area contributed by atoms with Crippen LogP contribution in [0.1, 0.15) is 11.5 Å². The van der Waals surface area contributed by atoms with Gasteiger partial charge in [-0.2, -0.15) is 9.50 Å². The van der Waals surface area contributed by atoms with Crippen molar-refractivity contribution in [2.24, 2.45) is 0 Å². The van der Waals surface area contributed by atoms with Crippen molar-refractivity contribution in [1.82, 2.24) is 19.6 Å². The number of hydrogen-bond acceptors (Lipinski definition) is 4. The molecule has 6 nitrogen and oxygen atoms in total. The minimum Gasteiger partial charge on any atom is -0.482 e. The van der Waals surface area contributed by atoms with Crippen molar-refractivity contribution < 1.29 is 13.5 Å². The largest absolute Gasteiger partial charge is 0.482 e. The number of benzene rings is 1. The highest BCUT2D eigenvalue weighted by molar-refractivity contribution is 9.10. The van der Waals surface area contributed by atoms with Crippen molar-refractivity contribution in [3.05, 3.63) is 56.2 Å². The lowest BCUT2D eigenvalue weighted by molar-refractivity contribution is 0.279. The van der Waals surface area contributed by atoms with Crippen LogP contribution in [0.15, 0.2) is 27.5 Å². The number of halogens is 3. The Morgan fingerprint density at radius 1 is 1.32 bits per heavy atom. The summed E-state index contributed by atoms with van der Waals surface area (Å²) in [5.74, 6) is -1.17. The highest BCUT2D eigenvalue weighted by Crippen LogP contribution is 2.26. The van der Waals surface area contributed by atoms with Crippen LogP contribution < -0.4 is 10.3 Å². The van der Waals surface area contributed by atoms with Gasteiger partial charge >= 0.3 is 0 Å². The second-order valence-electron chi connectivity index (χ2n) is 4.53. The van der Waals surface area contributed by atoms with Crippen LogP contribution in [-0.2, 0) is 6.61 Å². The molecule has 0 unspecified atom stereocenters. The molecule has 114 valence electrons. The lowest BCUT2D eigenvalue weighted by Crippen LogP contribution is -2.14. The molecule has 0 spiro atoms. The average Bonchev–Trinajstić information content (AvgIpc) is 2.84. The first-order valence-electron chi connectivity index (χ1n) is 6.16. The molecule has 9 heteroatoms. The molecule has 0 saturated heterocycles. The third-order valence-corrected chi connectivity index (χ3v) is 3.41. The molecular formula is C13H9BrF2N4O2. The summed E-state index contributed by atoms with van der Waals surface area (Å²) in [5, 5.41) is 2.69. The van der Waals surface area contributed by atoms with Gasteiger partial charge < -0.3 is 4.74 Å². The van der Waals surface area contributed by atoms with Gasteiger partial charge in [-0.05, 0) is 28.9 Å². The molecule has 1 N–H and O–H groups in total. The fourth-order valence-electron chi connectivity index (χ4n) is 1.88. The normalized spacial score (nSPS) is 11.1. The van der Waals surface area contributed by atoms with Crippen LogP contribution in [-0.4, -0.2) is 19.6 Å². The first-order valence-corrected chi connectivity index (χ1v) is 6.96. The second-order valence-corrected chi connectivity index (χ2v) is 5.38. The van der Waals surface area contributed by atoms with E-state index in [2.05, 4.69) is 31.0 Å². The summed E-state index contributed by atoms with van der Waals surface area (Å²) in [6, 6.07) is 3.27. The molecular weight excluding hydrogens is 362 g/mol. The molecule has 3 aromatic rings. The third-order valence-electron chi connectivity index (χ3n) is 2.83. The molecule has 3 rings (SSSR count). The molecule has 1 aromatic carbocycles. The Balaban J connectivity index is 1.89. The van der Waals surface area contributed by atoms with Crippen LogP contribution in [0.4, 0.5) is 8.78 Å². The molecule has 0 bridgehead atoms. The van der Waals surface area contributed by atoms with Gasteiger partial charge in [0.25, 0.3) is 11.3 Å². The number of H-pyrrole nitrogens is 1. The van der Waals surface area contributed by atoms with Crippen LogP contribution in [0.5, 0.6) is 5.75 Å². The second kappa shape index (κ2) is 5.48. The Kier molecular flexibility index (Phi) is 3.65. The minimum absolute atomic E-state index is 0.0411. The number of hydrogen-bond donors (Lipinski definition) is 1. The SMILES string of the molecule is Cc1cc(=O)n2[nH]c(COc3cc(F)cc(Br)c3F)nc2n1. The number of aromatic nitrogens is 4. The Labute approximate surface area is 130 Å². The van der Waals surface area contributed by atoms with Gasteiger partial charge in [0.05, 0.1) is 4.47 Å². The number of rotatable bonds is 3. The molecule has 0 fully saturated rings. The molecule has 0 radical (unpaired) electrons. The van der Waals surface area contributed by atoms with E-state index in [0.717, 1.165) is 16.6 Å². The standard InChI is InChI=1S/C13H9BrF2N4O2/c1-6-2-11(21)20-13(17-6)18-10(19-20)5-22-9-4-7(15)3-8(14)12(9)16/h2-4H,5H2,1H3,(H,17,18,19). The predicted octanol–water partition coefficient (Wildman–Crippen LogP) is 2.35. The van der Waals surface area contributed by atoms with E-state index >= 15 is 0 Å². The van der Waals surface area contributed by atoms with E-state index in [4.69, 9.17) is 4.74 Å². The number of aryl methyl sites for hydroxylation is 1. The van der Waals surface area contributed by atoms with Crippen molar-refractivity contribution in [2.75, 3.05) is 0 Å². The van der Waals surface area contributed by atoms with Crippen molar-refractivity contribution >= 4 is 21.7 Å². The summed E-state index contributed by atoms with van der Waals surface area (Å²) in [6.07, 6.45) is 0. The Hall–Kier alpha value is -2.29. The van der Waals surface area contributed by atoms with Crippen LogP contribution in [0, 0.1) is 18.6 Å². The molecule has 0 aliphatic carbocycles.